The Labute approximate surface area is 528 Å². The summed E-state index contributed by atoms with van der Waals surface area (Å²) in [4.78, 5) is 0. The minimum atomic E-state index is -0.142. The van der Waals surface area contributed by atoms with Crippen LogP contribution in [0.1, 0.15) is 220 Å². The van der Waals surface area contributed by atoms with Crippen molar-refractivity contribution in [2.45, 2.75) is 232 Å². The van der Waals surface area contributed by atoms with Crippen molar-refractivity contribution in [1.82, 2.24) is 0 Å². The van der Waals surface area contributed by atoms with Crippen molar-refractivity contribution in [2.24, 2.45) is 37.9 Å². The Morgan fingerprint density at radius 2 is 0.500 bits per heavy atom. The molecule has 0 saturated heterocycles. The van der Waals surface area contributed by atoms with Crippen molar-refractivity contribution in [2.75, 3.05) is 0 Å². The predicted molar refractivity (Wildman–Crippen MR) is 377 cm³/mol. The van der Waals surface area contributed by atoms with E-state index in [2.05, 4.69) is 269 Å². The summed E-state index contributed by atoms with van der Waals surface area (Å²) in [6.45, 7) is 56.7. The molecule has 7 aromatic rings. The van der Waals surface area contributed by atoms with Gasteiger partial charge in [0.1, 0.15) is 17.5 Å². The summed E-state index contributed by atoms with van der Waals surface area (Å²) in [5.41, 5.74) is 17.0. The molecule has 0 bridgehead atoms. The number of hydrogen-bond donors (Lipinski definition) is 0. The maximum absolute atomic E-state index is 13.2. The molecule has 0 spiro atoms. The SMILES string of the molecule is C.CC(C)(C)Cc1cccc(F)c1.CC(C)(C)Cc1ccccc1.Cc1cc(F)cc(CC(C)(C)C)c1.Cc1ccc(CC(C)(C)C)cc1.Cc1ccc(CC(C)(C)C)cc1.Cc1ccc(CC(C)(C)C)cc1.Cc1ccc(CC(C)(C)C)cc1F. The third-order valence-electron chi connectivity index (χ3n) is 12.6. The summed E-state index contributed by atoms with van der Waals surface area (Å²) in [7, 11) is 0. The number of aryl methyl sites for hydroxylation is 5. The van der Waals surface area contributed by atoms with Gasteiger partial charge >= 0.3 is 0 Å². The smallest absolute Gasteiger partial charge is 0.126 e. The molecule has 0 aliphatic heterocycles. The van der Waals surface area contributed by atoms with Gasteiger partial charge in [-0.2, -0.15) is 0 Å². The normalized spacial score (nSPS) is 11.5. The fourth-order valence-electron chi connectivity index (χ4n) is 9.31. The number of benzene rings is 7. The predicted octanol–water partition coefficient (Wildman–Crippen LogP) is 25.5. The molecule has 0 radical (unpaired) electrons. The van der Waals surface area contributed by atoms with E-state index in [1.165, 1.54) is 45.0 Å². The van der Waals surface area contributed by atoms with E-state index in [4.69, 9.17) is 0 Å². The largest absolute Gasteiger partial charge is 0.207 e. The molecular formula is C83H123F3. The van der Waals surface area contributed by atoms with E-state index in [9.17, 15) is 13.2 Å². The quantitative estimate of drug-likeness (QED) is 0.149. The standard InChI is InChI=1S/2C12H17F.3C12H18.C11H15F.C11H16.CH4/c1-9-5-10(7-11(13)6-9)8-12(2,3)4;1-9-5-6-10(7-11(9)13)8-12(2,3)4;3*1-10-5-7-11(8-6-10)9-12(2,3)4;1-11(2,3)8-9-5-4-6-10(12)7-9;1-11(2,3)9-10-7-5-4-6-8-10;/h2*5-7H,8H2,1-4H3;3*5-8H,9H2,1-4H3;4-7H,8H2,1-3H3;4-8H,9H2,1-3H3;1H4. The second kappa shape index (κ2) is 36.6. The third-order valence-corrected chi connectivity index (χ3v) is 12.6. The molecule has 0 unspecified atom stereocenters. The molecule has 0 amide bonds. The summed E-state index contributed by atoms with van der Waals surface area (Å²) in [6.07, 6.45) is 7.40. The Bertz CT molecular complexity index is 2750. The molecular weight excluding hydrogens is 1050 g/mol. The molecule has 86 heavy (non-hydrogen) atoms. The first-order valence-electron chi connectivity index (χ1n) is 31.2. The zero-order valence-corrected chi connectivity index (χ0v) is 58.7. The third kappa shape index (κ3) is 44.7. The first-order chi connectivity index (χ1) is 38.7. The van der Waals surface area contributed by atoms with Crippen LogP contribution < -0.4 is 0 Å². The van der Waals surface area contributed by atoms with Crippen molar-refractivity contribution in [3.05, 3.63) is 248 Å². The van der Waals surface area contributed by atoms with Crippen LogP contribution in [0.3, 0.4) is 0 Å². The molecule has 3 heteroatoms. The molecule has 0 N–H and O–H groups in total. The van der Waals surface area contributed by atoms with Crippen LogP contribution in [0, 0.1) is 90.0 Å². The maximum atomic E-state index is 13.2. The van der Waals surface area contributed by atoms with Gasteiger partial charge in [-0.15, -0.1) is 0 Å². The lowest BCUT2D eigenvalue weighted by Gasteiger charge is -2.18. The van der Waals surface area contributed by atoms with Gasteiger partial charge in [0.25, 0.3) is 0 Å². The zero-order valence-electron chi connectivity index (χ0n) is 58.7. The van der Waals surface area contributed by atoms with Gasteiger partial charge in [-0.1, -0.05) is 303 Å². The average molecular weight is 1180 g/mol. The molecule has 0 atom stereocenters. The van der Waals surface area contributed by atoms with E-state index in [0.29, 0.717) is 21.7 Å². The summed E-state index contributed by atoms with van der Waals surface area (Å²) in [5.74, 6) is -0.363. The van der Waals surface area contributed by atoms with Gasteiger partial charge in [-0.05, 0) is 198 Å². The fraction of sp³-hybridized carbons (Fsp3) is 0.494. The molecule has 476 valence electrons. The van der Waals surface area contributed by atoms with Crippen LogP contribution >= 0.6 is 0 Å². The van der Waals surface area contributed by atoms with Gasteiger partial charge in [-0.25, -0.2) is 13.2 Å². The first-order valence-corrected chi connectivity index (χ1v) is 31.2. The molecule has 0 aromatic heterocycles. The van der Waals surface area contributed by atoms with Gasteiger partial charge in [0.15, 0.2) is 0 Å². The van der Waals surface area contributed by atoms with Crippen molar-refractivity contribution in [1.29, 1.82) is 0 Å². The molecule has 0 aliphatic rings. The van der Waals surface area contributed by atoms with E-state index in [-0.39, 0.29) is 41.1 Å². The molecule has 0 heterocycles. The molecule has 0 saturated carbocycles. The number of rotatable bonds is 7. The Balaban J connectivity index is 0.000000979. The van der Waals surface area contributed by atoms with Gasteiger partial charge in [-0.3, -0.25) is 0 Å². The molecule has 0 aliphatic carbocycles. The summed E-state index contributed by atoms with van der Waals surface area (Å²) < 4.78 is 38.9. The van der Waals surface area contributed by atoms with Crippen molar-refractivity contribution < 1.29 is 13.2 Å². The van der Waals surface area contributed by atoms with Crippen molar-refractivity contribution >= 4 is 0 Å². The summed E-state index contributed by atoms with van der Waals surface area (Å²) >= 11 is 0. The fourth-order valence-corrected chi connectivity index (χ4v) is 9.31. The molecule has 7 rings (SSSR count). The Morgan fingerprint density at radius 3 is 0.802 bits per heavy atom. The van der Waals surface area contributed by atoms with E-state index in [1.807, 2.05) is 31.2 Å². The van der Waals surface area contributed by atoms with Crippen LogP contribution in [0.4, 0.5) is 13.2 Å². The van der Waals surface area contributed by atoms with E-state index in [1.54, 1.807) is 37.3 Å². The van der Waals surface area contributed by atoms with Crippen LogP contribution in [-0.4, -0.2) is 0 Å². The maximum Gasteiger partial charge on any atom is 0.126 e. The molecule has 0 fully saturated rings. The highest BCUT2D eigenvalue weighted by Gasteiger charge is 2.16. The minimum Gasteiger partial charge on any atom is -0.207 e. The van der Waals surface area contributed by atoms with Gasteiger partial charge in [0.05, 0.1) is 0 Å². The topological polar surface area (TPSA) is 0 Å². The first kappa shape index (κ1) is 80.3. The van der Waals surface area contributed by atoms with E-state index < -0.39 is 0 Å². The summed E-state index contributed by atoms with van der Waals surface area (Å²) in [6, 6.07) is 54.6. The number of hydrogen-bond acceptors (Lipinski definition) is 0. The van der Waals surface area contributed by atoms with Gasteiger partial charge < -0.3 is 0 Å². The second-order valence-corrected chi connectivity index (χ2v) is 32.5. The Kier molecular flexibility index (Phi) is 34.2. The van der Waals surface area contributed by atoms with Gasteiger partial charge in [0.2, 0.25) is 0 Å². The highest BCUT2D eigenvalue weighted by atomic mass is 19.1. The lowest BCUT2D eigenvalue weighted by atomic mass is 9.88. The van der Waals surface area contributed by atoms with Crippen molar-refractivity contribution in [3.63, 3.8) is 0 Å². The highest BCUT2D eigenvalue weighted by Crippen LogP contribution is 2.26. The van der Waals surface area contributed by atoms with Crippen molar-refractivity contribution in [3.8, 4) is 0 Å². The summed E-state index contributed by atoms with van der Waals surface area (Å²) in [5, 5.41) is 0. The van der Waals surface area contributed by atoms with Crippen LogP contribution in [0.25, 0.3) is 0 Å². The molecule has 7 aromatic carbocycles. The highest BCUT2D eigenvalue weighted by molar-refractivity contribution is 5.27. The lowest BCUT2D eigenvalue weighted by Crippen LogP contribution is -2.09. The molecule has 0 nitrogen and oxygen atoms in total. The second-order valence-electron chi connectivity index (χ2n) is 32.5. The van der Waals surface area contributed by atoms with E-state index >= 15 is 0 Å². The Hall–Kier alpha value is -5.67. The monoisotopic (exact) mass is 1180 g/mol. The number of halogens is 3. The van der Waals surface area contributed by atoms with Gasteiger partial charge in [0, 0.05) is 0 Å². The van der Waals surface area contributed by atoms with Crippen LogP contribution in [-0.2, 0) is 44.9 Å². The minimum absolute atomic E-state index is 0. The van der Waals surface area contributed by atoms with Crippen LogP contribution in [0.5, 0.6) is 0 Å². The van der Waals surface area contributed by atoms with Crippen LogP contribution in [0.15, 0.2) is 164 Å². The zero-order chi connectivity index (χ0) is 65.2. The Morgan fingerprint density at radius 1 is 0.233 bits per heavy atom. The van der Waals surface area contributed by atoms with E-state index in [0.717, 1.165) is 72.8 Å². The average Bonchev–Trinajstić information content (AvgIpc) is 3.53. The lowest BCUT2D eigenvalue weighted by molar-refractivity contribution is 0.410. The van der Waals surface area contributed by atoms with Crippen LogP contribution in [0.2, 0.25) is 0 Å².